The van der Waals surface area contributed by atoms with Gasteiger partial charge >= 0.3 is 0 Å². The van der Waals surface area contributed by atoms with E-state index in [1.165, 1.54) is 23.3 Å². The highest BCUT2D eigenvalue weighted by atomic mass is 16.4. The Bertz CT molecular complexity index is 573. The number of benzene rings is 1. The number of imidazole rings is 1. The zero-order valence-corrected chi connectivity index (χ0v) is 10.4. The Labute approximate surface area is 110 Å². The lowest BCUT2D eigenvalue weighted by molar-refractivity contribution is -0.310. The molecular formula is C14H13N2O3-. The summed E-state index contributed by atoms with van der Waals surface area (Å²) in [5.41, 5.74) is 1.54. The van der Waals surface area contributed by atoms with E-state index in [1.54, 1.807) is 12.1 Å². The average molecular weight is 257 g/mol. The van der Waals surface area contributed by atoms with Crippen LogP contribution in [0.15, 0.2) is 43.0 Å². The molecule has 1 aromatic carbocycles. The summed E-state index contributed by atoms with van der Waals surface area (Å²) < 4.78 is 1.36. The highest BCUT2D eigenvalue weighted by Crippen LogP contribution is 2.15. The van der Waals surface area contributed by atoms with Gasteiger partial charge < -0.3 is 14.5 Å². The Kier molecular flexibility index (Phi) is 3.75. The van der Waals surface area contributed by atoms with Crippen molar-refractivity contribution in [2.24, 2.45) is 0 Å². The number of Topliss-reactive ketones (excluding diaryl/α,β-unsaturated/α-hetero) is 1. The van der Waals surface area contributed by atoms with Gasteiger partial charge in [0.2, 0.25) is 0 Å². The summed E-state index contributed by atoms with van der Waals surface area (Å²) in [6.07, 6.45) is 4.18. The first-order valence-electron chi connectivity index (χ1n) is 5.86. The molecule has 1 heterocycles. The zero-order valence-electron chi connectivity index (χ0n) is 10.4. The van der Waals surface area contributed by atoms with Crippen LogP contribution < -0.4 is 5.11 Å². The van der Waals surface area contributed by atoms with Crippen molar-refractivity contribution >= 4 is 11.8 Å². The molecule has 0 unspecified atom stereocenters. The lowest BCUT2D eigenvalue weighted by Gasteiger charge is -2.18. The minimum atomic E-state index is -1.29. The van der Waals surface area contributed by atoms with Gasteiger partial charge in [-0.2, -0.15) is 0 Å². The minimum Gasteiger partial charge on any atom is -0.548 e. The number of carboxylic acids is 1. The lowest BCUT2D eigenvalue weighted by Crippen LogP contribution is -2.34. The highest BCUT2D eigenvalue weighted by molar-refractivity contribution is 5.98. The Morgan fingerprint density at radius 1 is 1.32 bits per heavy atom. The SMILES string of the molecule is Cc1ccc(C(=O)C[C@@H](C(=O)[O-])n2ccnc2)cc1. The van der Waals surface area contributed by atoms with Crippen molar-refractivity contribution in [3.8, 4) is 0 Å². The van der Waals surface area contributed by atoms with Gasteiger partial charge in [-0.1, -0.05) is 29.8 Å². The second-order valence-corrected chi connectivity index (χ2v) is 4.34. The summed E-state index contributed by atoms with van der Waals surface area (Å²) in [5, 5.41) is 11.1. The van der Waals surface area contributed by atoms with Crippen LogP contribution in [0.1, 0.15) is 28.4 Å². The predicted octanol–water partition coefficient (Wildman–Crippen LogP) is 0.756. The number of hydrogen-bond donors (Lipinski definition) is 0. The number of carbonyl (C=O) groups excluding carboxylic acids is 2. The van der Waals surface area contributed by atoms with E-state index in [0.29, 0.717) is 5.56 Å². The fourth-order valence-corrected chi connectivity index (χ4v) is 1.80. The van der Waals surface area contributed by atoms with Gasteiger partial charge in [0.05, 0.1) is 18.3 Å². The molecule has 0 aliphatic carbocycles. The van der Waals surface area contributed by atoms with Gasteiger partial charge in [0.1, 0.15) is 0 Å². The maximum absolute atomic E-state index is 12.0. The molecule has 0 bridgehead atoms. The molecule has 1 atom stereocenters. The third-order valence-electron chi connectivity index (χ3n) is 2.91. The molecule has 2 aromatic rings. The smallest absolute Gasteiger partial charge is 0.165 e. The van der Waals surface area contributed by atoms with Crippen molar-refractivity contribution < 1.29 is 14.7 Å². The molecule has 0 fully saturated rings. The van der Waals surface area contributed by atoms with E-state index in [-0.39, 0.29) is 12.2 Å². The van der Waals surface area contributed by atoms with Crippen molar-refractivity contribution in [1.29, 1.82) is 0 Å². The Morgan fingerprint density at radius 2 is 2.00 bits per heavy atom. The van der Waals surface area contributed by atoms with Crippen LogP contribution in [0.4, 0.5) is 0 Å². The van der Waals surface area contributed by atoms with E-state index in [1.807, 2.05) is 19.1 Å². The van der Waals surface area contributed by atoms with Crippen LogP contribution in [-0.2, 0) is 4.79 Å². The quantitative estimate of drug-likeness (QED) is 0.741. The van der Waals surface area contributed by atoms with Gasteiger partial charge in [0.25, 0.3) is 0 Å². The normalized spacial score (nSPS) is 12.1. The van der Waals surface area contributed by atoms with E-state index in [4.69, 9.17) is 0 Å². The first-order valence-corrected chi connectivity index (χ1v) is 5.86. The van der Waals surface area contributed by atoms with Crippen molar-refractivity contribution in [3.05, 3.63) is 54.1 Å². The van der Waals surface area contributed by atoms with Gasteiger partial charge in [-0.15, -0.1) is 0 Å². The van der Waals surface area contributed by atoms with Crippen LogP contribution in [0, 0.1) is 6.92 Å². The van der Waals surface area contributed by atoms with E-state index in [9.17, 15) is 14.7 Å². The number of hydrogen-bond acceptors (Lipinski definition) is 4. The van der Waals surface area contributed by atoms with E-state index < -0.39 is 12.0 Å². The molecule has 0 saturated heterocycles. The number of aromatic nitrogens is 2. The van der Waals surface area contributed by atoms with Gasteiger partial charge in [-0.3, -0.25) is 4.79 Å². The molecule has 0 spiro atoms. The fraction of sp³-hybridized carbons (Fsp3) is 0.214. The predicted molar refractivity (Wildman–Crippen MR) is 66.4 cm³/mol. The maximum Gasteiger partial charge on any atom is 0.165 e. The average Bonchev–Trinajstić information content (AvgIpc) is 2.89. The van der Waals surface area contributed by atoms with Crippen LogP contribution in [0.2, 0.25) is 0 Å². The third kappa shape index (κ3) is 3.07. The van der Waals surface area contributed by atoms with Crippen LogP contribution in [0.25, 0.3) is 0 Å². The van der Waals surface area contributed by atoms with E-state index in [0.717, 1.165) is 5.56 Å². The summed E-state index contributed by atoms with van der Waals surface area (Å²) in [6.45, 7) is 1.92. The maximum atomic E-state index is 12.0. The van der Waals surface area contributed by atoms with E-state index in [2.05, 4.69) is 4.98 Å². The number of carboxylic acid groups (broad SMARTS) is 1. The Hall–Kier alpha value is -2.43. The minimum absolute atomic E-state index is 0.151. The second-order valence-electron chi connectivity index (χ2n) is 4.34. The number of ketones is 1. The van der Waals surface area contributed by atoms with Crippen molar-refractivity contribution in [2.75, 3.05) is 0 Å². The number of aliphatic carboxylic acids is 1. The van der Waals surface area contributed by atoms with Crippen molar-refractivity contribution in [1.82, 2.24) is 9.55 Å². The van der Waals surface area contributed by atoms with Gasteiger partial charge in [-0.25, -0.2) is 4.98 Å². The molecule has 0 saturated carbocycles. The summed E-state index contributed by atoms with van der Waals surface area (Å²) in [7, 11) is 0. The molecule has 19 heavy (non-hydrogen) atoms. The molecule has 5 nitrogen and oxygen atoms in total. The third-order valence-corrected chi connectivity index (χ3v) is 2.91. The number of nitrogens with zero attached hydrogens (tertiary/aromatic N) is 2. The number of aryl methyl sites for hydroxylation is 1. The van der Waals surface area contributed by atoms with Crippen molar-refractivity contribution in [2.45, 2.75) is 19.4 Å². The fourth-order valence-electron chi connectivity index (χ4n) is 1.80. The molecule has 0 radical (unpaired) electrons. The molecule has 98 valence electrons. The van der Waals surface area contributed by atoms with Gasteiger partial charge in [-0.05, 0) is 6.92 Å². The number of carbonyl (C=O) groups is 2. The first-order chi connectivity index (χ1) is 9.08. The molecule has 0 N–H and O–H groups in total. The molecule has 0 aliphatic heterocycles. The topological polar surface area (TPSA) is 75.0 Å². The van der Waals surface area contributed by atoms with Crippen LogP contribution in [-0.4, -0.2) is 21.3 Å². The summed E-state index contributed by atoms with van der Waals surface area (Å²) >= 11 is 0. The molecule has 5 heteroatoms. The molecular weight excluding hydrogens is 244 g/mol. The largest absolute Gasteiger partial charge is 0.548 e. The van der Waals surface area contributed by atoms with Crippen LogP contribution >= 0.6 is 0 Å². The van der Waals surface area contributed by atoms with Gasteiger partial charge in [0, 0.05) is 24.4 Å². The Morgan fingerprint density at radius 3 is 2.53 bits per heavy atom. The first kappa shape index (κ1) is 13.0. The van der Waals surface area contributed by atoms with Gasteiger partial charge in [0.15, 0.2) is 5.78 Å². The van der Waals surface area contributed by atoms with Crippen LogP contribution in [0.5, 0.6) is 0 Å². The standard InChI is InChI=1S/C14H14N2O3/c1-10-2-4-11(5-3-10)13(17)8-12(14(18)19)16-7-6-15-9-16/h2-7,9,12H,8H2,1H3,(H,18,19)/p-1/t12-/m0/s1. The molecule has 1 aromatic heterocycles. The molecule has 2 rings (SSSR count). The second kappa shape index (κ2) is 5.48. The lowest BCUT2D eigenvalue weighted by atomic mass is 10.0. The Balaban J connectivity index is 2.16. The molecule has 0 aliphatic rings. The molecule has 0 amide bonds. The van der Waals surface area contributed by atoms with E-state index >= 15 is 0 Å². The highest BCUT2D eigenvalue weighted by Gasteiger charge is 2.17. The number of rotatable bonds is 5. The summed E-state index contributed by atoms with van der Waals surface area (Å²) in [4.78, 5) is 26.9. The summed E-state index contributed by atoms with van der Waals surface area (Å²) in [5.74, 6) is -1.53. The van der Waals surface area contributed by atoms with Crippen molar-refractivity contribution in [3.63, 3.8) is 0 Å². The monoisotopic (exact) mass is 257 g/mol. The van der Waals surface area contributed by atoms with Crippen LogP contribution in [0.3, 0.4) is 0 Å². The summed E-state index contributed by atoms with van der Waals surface area (Å²) in [6, 6.07) is 5.99. The zero-order chi connectivity index (χ0) is 13.8.